The van der Waals surface area contributed by atoms with Gasteiger partial charge in [-0.2, -0.15) is 0 Å². The highest BCUT2D eigenvalue weighted by molar-refractivity contribution is 5.95. The molecule has 2 amide bonds. The van der Waals surface area contributed by atoms with E-state index in [9.17, 15) is 19.1 Å². The van der Waals surface area contributed by atoms with Crippen molar-refractivity contribution in [3.05, 3.63) is 29.1 Å². The molecule has 0 radical (unpaired) electrons. The molecule has 0 bridgehead atoms. The number of ether oxygens (including phenoxy) is 1. The monoisotopic (exact) mass is 352 g/mol. The Kier molecular flexibility index (Phi) is 5.25. The van der Waals surface area contributed by atoms with Crippen molar-refractivity contribution in [2.24, 2.45) is 0 Å². The molecule has 1 aromatic rings. The summed E-state index contributed by atoms with van der Waals surface area (Å²) in [6, 6.07) is 2.04. The summed E-state index contributed by atoms with van der Waals surface area (Å²) in [6.45, 7) is 9.61. The molecule has 0 aliphatic carbocycles. The van der Waals surface area contributed by atoms with Crippen LogP contribution in [0.4, 0.5) is 9.18 Å². The quantitative estimate of drug-likeness (QED) is 0.844. The fraction of sp³-hybridized carbons (Fsp3) is 0.556. The SMILES string of the molecule is Cc1cc(F)c(C(=O)N2CCN(C(=O)OC(C)(C)C)[C@H](C)C2)cc1O. The van der Waals surface area contributed by atoms with Gasteiger partial charge in [0.25, 0.3) is 5.91 Å². The van der Waals surface area contributed by atoms with Crippen LogP contribution in [0.3, 0.4) is 0 Å². The molecule has 1 aliphatic rings. The van der Waals surface area contributed by atoms with Gasteiger partial charge >= 0.3 is 6.09 Å². The molecule has 0 unspecified atom stereocenters. The van der Waals surface area contributed by atoms with Gasteiger partial charge in [-0.3, -0.25) is 4.79 Å². The van der Waals surface area contributed by atoms with Gasteiger partial charge in [0.1, 0.15) is 17.2 Å². The van der Waals surface area contributed by atoms with Crippen molar-refractivity contribution in [2.45, 2.75) is 46.3 Å². The Hall–Kier alpha value is -2.31. The van der Waals surface area contributed by atoms with E-state index >= 15 is 0 Å². The molecule has 25 heavy (non-hydrogen) atoms. The molecule has 138 valence electrons. The van der Waals surface area contributed by atoms with E-state index in [0.29, 0.717) is 12.1 Å². The predicted octanol–water partition coefficient (Wildman–Crippen LogP) is 2.92. The highest BCUT2D eigenvalue weighted by atomic mass is 19.1. The lowest BCUT2D eigenvalue weighted by Gasteiger charge is -2.40. The molecule has 1 aromatic carbocycles. The Balaban J connectivity index is 2.09. The molecule has 1 atom stereocenters. The van der Waals surface area contributed by atoms with Gasteiger partial charge < -0.3 is 19.6 Å². The van der Waals surface area contributed by atoms with Gasteiger partial charge in [0.2, 0.25) is 0 Å². The lowest BCUT2D eigenvalue weighted by atomic mass is 10.1. The Bertz CT molecular complexity index is 684. The molecule has 0 saturated carbocycles. The van der Waals surface area contributed by atoms with Crippen molar-refractivity contribution < 1.29 is 23.8 Å². The summed E-state index contributed by atoms with van der Waals surface area (Å²) >= 11 is 0. The van der Waals surface area contributed by atoms with Crippen molar-refractivity contribution in [2.75, 3.05) is 19.6 Å². The largest absolute Gasteiger partial charge is 0.508 e. The van der Waals surface area contributed by atoms with Gasteiger partial charge in [-0.25, -0.2) is 9.18 Å². The van der Waals surface area contributed by atoms with Crippen molar-refractivity contribution in [1.29, 1.82) is 0 Å². The third kappa shape index (κ3) is 4.41. The summed E-state index contributed by atoms with van der Waals surface area (Å²) in [5, 5.41) is 9.74. The first-order chi connectivity index (χ1) is 11.5. The number of hydrogen-bond acceptors (Lipinski definition) is 4. The number of aromatic hydroxyl groups is 1. The van der Waals surface area contributed by atoms with Gasteiger partial charge in [0.15, 0.2) is 0 Å². The summed E-state index contributed by atoms with van der Waals surface area (Å²) in [5.41, 5.74) is -0.384. The highest BCUT2D eigenvalue weighted by Crippen LogP contribution is 2.23. The van der Waals surface area contributed by atoms with E-state index in [4.69, 9.17) is 4.74 Å². The van der Waals surface area contributed by atoms with E-state index in [0.717, 1.165) is 12.1 Å². The summed E-state index contributed by atoms with van der Waals surface area (Å²) in [4.78, 5) is 27.8. The molecule has 1 heterocycles. The normalized spacial score (nSPS) is 18.2. The molecular weight excluding hydrogens is 327 g/mol. The molecular formula is C18H25FN2O4. The van der Waals surface area contributed by atoms with E-state index in [-0.39, 0.29) is 30.4 Å². The van der Waals surface area contributed by atoms with Crippen LogP contribution in [0.1, 0.15) is 43.6 Å². The van der Waals surface area contributed by atoms with Crippen molar-refractivity contribution in [3.8, 4) is 5.75 Å². The number of aryl methyl sites for hydroxylation is 1. The predicted molar refractivity (Wildman–Crippen MR) is 91.1 cm³/mol. The molecule has 0 aromatic heterocycles. The second kappa shape index (κ2) is 6.90. The first-order valence-electron chi connectivity index (χ1n) is 8.27. The summed E-state index contributed by atoms with van der Waals surface area (Å²) < 4.78 is 19.4. The van der Waals surface area contributed by atoms with Crippen LogP contribution >= 0.6 is 0 Å². The number of rotatable bonds is 1. The van der Waals surface area contributed by atoms with E-state index in [1.54, 1.807) is 32.6 Å². The van der Waals surface area contributed by atoms with Gasteiger partial charge in [0.05, 0.1) is 5.56 Å². The molecule has 1 aliphatic heterocycles. The number of carbonyl (C=O) groups is 2. The number of piperazine rings is 1. The van der Waals surface area contributed by atoms with Crippen LogP contribution in [0.25, 0.3) is 0 Å². The first-order valence-corrected chi connectivity index (χ1v) is 8.27. The van der Waals surface area contributed by atoms with Crippen LogP contribution < -0.4 is 0 Å². The number of benzene rings is 1. The van der Waals surface area contributed by atoms with Gasteiger partial charge in [-0.1, -0.05) is 0 Å². The van der Waals surface area contributed by atoms with Gasteiger partial charge in [-0.15, -0.1) is 0 Å². The topological polar surface area (TPSA) is 70.1 Å². The highest BCUT2D eigenvalue weighted by Gasteiger charge is 2.33. The Morgan fingerprint density at radius 1 is 1.28 bits per heavy atom. The zero-order valence-electron chi connectivity index (χ0n) is 15.3. The molecule has 7 heteroatoms. The van der Waals surface area contributed by atoms with Crippen molar-refractivity contribution >= 4 is 12.0 Å². The van der Waals surface area contributed by atoms with Crippen LogP contribution in [0, 0.1) is 12.7 Å². The van der Waals surface area contributed by atoms with Crippen LogP contribution in [0.5, 0.6) is 5.75 Å². The number of phenols is 1. The van der Waals surface area contributed by atoms with Crippen LogP contribution in [-0.2, 0) is 4.74 Å². The summed E-state index contributed by atoms with van der Waals surface area (Å²) in [5.74, 6) is -1.28. The zero-order valence-corrected chi connectivity index (χ0v) is 15.3. The average Bonchev–Trinajstić information content (AvgIpc) is 2.48. The van der Waals surface area contributed by atoms with Crippen LogP contribution in [0.15, 0.2) is 12.1 Å². The minimum Gasteiger partial charge on any atom is -0.508 e. The Morgan fingerprint density at radius 2 is 1.92 bits per heavy atom. The standard InChI is InChI=1S/C18H25FN2O4/c1-11-8-14(19)13(9-15(11)22)16(23)20-6-7-21(12(2)10-20)17(24)25-18(3,4)5/h8-9,12,22H,6-7,10H2,1-5H3/t12-/m1/s1. The van der Waals surface area contributed by atoms with E-state index < -0.39 is 23.4 Å². The zero-order chi connectivity index (χ0) is 18.9. The number of amides is 2. The van der Waals surface area contributed by atoms with Crippen molar-refractivity contribution in [3.63, 3.8) is 0 Å². The molecule has 2 rings (SSSR count). The van der Waals surface area contributed by atoms with Crippen LogP contribution in [0.2, 0.25) is 0 Å². The molecule has 0 spiro atoms. The molecule has 1 saturated heterocycles. The smallest absolute Gasteiger partial charge is 0.410 e. The third-order valence-electron chi connectivity index (χ3n) is 4.06. The molecule has 6 nitrogen and oxygen atoms in total. The number of carbonyl (C=O) groups excluding carboxylic acids is 2. The minimum absolute atomic E-state index is 0.120. The lowest BCUT2D eigenvalue weighted by molar-refractivity contribution is 0.00190. The maximum absolute atomic E-state index is 14.1. The fourth-order valence-electron chi connectivity index (χ4n) is 2.73. The van der Waals surface area contributed by atoms with Gasteiger partial charge in [0, 0.05) is 25.7 Å². The van der Waals surface area contributed by atoms with Crippen molar-refractivity contribution in [1.82, 2.24) is 9.80 Å². The number of nitrogens with zero attached hydrogens (tertiary/aromatic N) is 2. The number of phenolic OH excluding ortho intramolecular Hbond substituents is 1. The third-order valence-corrected chi connectivity index (χ3v) is 4.06. The maximum Gasteiger partial charge on any atom is 0.410 e. The molecule has 1 fully saturated rings. The summed E-state index contributed by atoms with van der Waals surface area (Å²) in [7, 11) is 0. The van der Waals surface area contributed by atoms with Gasteiger partial charge in [-0.05, 0) is 52.3 Å². The summed E-state index contributed by atoms with van der Waals surface area (Å²) in [6.07, 6.45) is -0.425. The van der Waals surface area contributed by atoms with E-state index in [1.807, 2.05) is 6.92 Å². The number of halogens is 1. The first kappa shape index (κ1) is 19.0. The average molecular weight is 352 g/mol. The molecule has 1 N–H and O–H groups in total. The van der Waals surface area contributed by atoms with E-state index in [2.05, 4.69) is 0 Å². The Morgan fingerprint density at radius 3 is 2.48 bits per heavy atom. The Labute approximate surface area is 147 Å². The van der Waals surface area contributed by atoms with Crippen LogP contribution in [-0.4, -0.2) is 58.2 Å². The fourth-order valence-corrected chi connectivity index (χ4v) is 2.73. The number of hydrogen-bond donors (Lipinski definition) is 1. The second-order valence-corrected chi connectivity index (χ2v) is 7.39. The second-order valence-electron chi connectivity index (χ2n) is 7.39. The maximum atomic E-state index is 14.1. The van der Waals surface area contributed by atoms with E-state index in [1.165, 1.54) is 4.90 Å². The minimum atomic E-state index is -0.664. The lowest BCUT2D eigenvalue weighted by Crippen LogP contribution is -2.56.